The molecular weight excluding hydrogens is 178 g/mol. The summed E-state index contributed by atoms with van der Waals surface area (Å²) in [6, 6.07) is 0. The van der Waals surface area contributed by atoms with Crippen LogP contribution >= 0.6 is 0 Å². The van der Waals surface area contributed by atoms with E-state index in [0.717, 1.165) is 32.8 Å². The maximum absolute atomic E-state index is 5.48. The molecule has 1 aliphatic heterocycles. The Bertz CT molecular complexity index is 144. The van der Waals surface area contributed by atoms with Gasteiger partial charge in [-0.2, -0.15) is 0 Å². The van der Waals surface area contributed by atoms with E-state index in [1.165, 1.54) is 19.3 Å². The molecule has 1 fully saturated rings. The van der Waals surface area contributed by atoms with Crippen LogP contribution in [-0.2, 0) is 9.47 Å². The van der Waals surface area contributed by atoms with Gasteiger partial charge in [-0.1, -0.05) is 0 Å². The van der Waals surface area contributed by atoms with Crippen LogP contribution in [0.25, 0.3) is 0 Å². The molecule has 1 N–H and O–H groups in total. The van der Waals surface area contributed by atoms with Gasteiger partial charge in [0.05, 0.1) is 6.61 Å². The number of unbranched alkanes of at least 4 members (excludes halogenated alkanes) is 1. The summed E-state index contributed by atoms with van der Waals surface area (Å²) in [5.41, 5.74) is 0.214. The Labute approximate surface area is 87.2 Å². The van der Waals surface area contributed by atoms with E-state index < -0.39 is 0 Å². The van der Waals surface area contributed by atoms with Gasteiger partial charge in [0.25, 0.3) is 0 Å². The first-order chi connectivity index (χ1) is 6.77. The van der Waals surface area contributed by atoms with Crippen molar-refractivity contribution in [3.8, 4) is 0 Å². The fraction of sp³-hybridized carbons (Fsp3) is 1.00. The Kier molecular flexibility index (Phi) is 5.45. The van der Waals surface area contributed by atoms with Gasteiger partial charge in [-0.05, 0) is 39.2 Å². The highest BCUT2D eigenvalue weighted by atomic mass is 16.5. The molecule has 1 unspecified atom stereocenters. The zero-order valence-corrected chi connectivity index (χ0v) is 9.47. The van der Waals surface area contributed by atoms with Crippen molar-refractivity contribution < 1.29 is 9.47 Å². The number of methoxy groups -OCH3 is 1. The smallest absolute Gasteiger partial charge is 0.0645 e. The highest BCUT2D eigenvalue weighted by Crippen LogP contribution is 2.17. The Balaban J connectivity index is 2.03. The van der Waals surface area contributed by atoms with Crippen molar-refractivity contribution in [1.29, 1.82) is 0 Å². The third kappa shape index (κ3) is 4.40. The molecule has 14 heavy (non-hydrogen) atoms. The Morgan fingerprint density at radius 1 is 1.43 bits per heavy atom. The summed E-state index contributed by atoms with van der Waals surface area (Å²) >= 11 is 0. The third-order valence-corrected chi connectivity index (χ3v) is 2.76. The molecule has 0 aliphatic carbocycles. The summed E-state index contributed by atoms with van der Waals surface area (Å²) in [6.07, 6.45) is 4.74. The standard InChI is InChI=1S/C11H23NO2/c1-11(6-5-9-14-10-11)12-7-3-4-8-13-2/h12H,3-10H2,1-2H3. The van der Waals surface area contributed by atoms with Gasteiger partial charge in [-0.3, -0.25) is 0 Å². The second-order valence-corrected chi connectivity index (χ2v) is 4.34. The molecule has 1 atom stereocenters. The molecular formula is C11H23NO2. The van der Waals surface area contributed by atoms with Gasteiger partial charge in [0, 0.05) is 25.9 Å². The van der Waals surface area contributed by atoms with Crippen molar-refractivity contribution in [2.75, 3.05) is 33.5 Å². The van der Waals surface area contributed by atoms with Crippen molar-refractivity contribution in [2.45, 2.75) is 38.1 Å². The largest absolute Gasteiger partial charge is 0.385 e. The lowest BCUT2D eigenvalue weighted by atomic mass is 9.95. The molecule has 3 nitrogen and oxygen atoms in total. The number of nitrogens with one attached hydrogen (secondary N) is 1. The Morgan fingerprint density at radius 2 is 2.29 bits per heavy atom. The van der Waals surface area contributed by atoms with Crippen molar-refractivity contribution in [1.82, 2.24) is 5.32 Å². The third-order valence-electron chi connectivity index (χ3n) is 2.76. The van der Waals surface area contributed by atoms with E-state index in [0.29, 0.717) is 0 Å². The highest BCUT2D eigenvalue weighted by Gasteiger charge is 2.26. The van der Waals surface area contributed by atoms with Gasteiger partial charge in [0.2, 0.25) is 0 Å². The molecule has 1 heterocycles. The van der Waals surface area contributed by atoms with Crippen LogP contribution < -0.4 is 5.32 Å². The predicted octanol–water partition coefficient (Wildman–Crippen LogP) is 1.57. The minimum absolute atomic E-state index is 0.214. The number of hydrogen-bond donors (Lipinski definition) is 1. The molecule has 0 bridgehead atoms. The summed E-state index contributed by atoms with van der Waals surface area (Å²) < 4.78 is 10.5. The van der Waals surface area contributed by atoms with Gasteiger partial charge in [0.15, 0.2) is 0 Å². The van der Waals surface area contributed by atoms with Crippen LogP contribution in [0.5, 0.6) is 0 Å². The van der Waals surface area contributed by atoms with Crippen LogP contribution in [0.4, 0.5) is 0 Å². The summed E-state index contributed by atoms with van der Waals surface area (Å²) in [4.78, 5) is 0. The maximum atomic E-state index is 5.48. The van der Waals surface area contributed by atoms with E-state index in [9.17, 15) is 0 Å². The van der Waals surface area contributed by atoms with E-state index in [2.05, 4.69) is 12.2 Å². The van der Waals surface area contributed by atoms with Crippen LogP contribution in [0.1, 0.15) is 32.6 Å². The van der Waals surface area contributed by atoms with Crippen LogP contribution in [0.15, 0.2) is 0 Å². The van der Waals surface area contributed by atoms with Crippen molar-refractivity contribution in [3.63, 3.8) is 0 Å². The first-order valence-corrected chi connectivity index (χ1v) is 5.58. The molecule has 1 rings (SSSR count). The Hall–Kier alpha value is -0.120. The number of hydrogen-bond acceptors (Lipinski definition) is 3. The average molecular weight is 201 g/mol. The SMILES string of the molecule is COCCCCNC1(C)CCCOC1. The highest BCUT2D eigenvalue weighted by molar-refractivity contribution is 4.84. The zero-order chi connectivity index (χ0) is 10.3. The normalized spacial score (nSPS) is 27.9. The fourth-order valence-electron chi connectivity index (χ4n) is 1.83. The van der Waals surface area contributed by atoms with Gasteiger partial charge in [-0.15, -0.1) is 0 Å². The summed E-state index contributed by atoms with van der Waals surface area (Å²) in [5.74, 6) is 0. The molecule has 1 aliphatic rings. The number of ether oxygens (including phenoxy) is 2. The predicted molar refractivity (Wildman–Crippen MR) is 57.6 cm³/mol. The van der Waals surface area contributed by atoms with Gasteiger partial charge >= 0.3 is 0 Å². The van der Waals surface area contributed by atoms with Crippen molar-refractivity contribution in [2.24, 2.45) is 0 Å². The van der Waals surface area contributed by atoms with Gasteiger partial charge < -0.3 is 14.8 Å². The van der Waals surface area contributed by atoms with Crippen LogP contribution in [0, 0.1) is 0 Å². The lowest BCUT2D eigenvalue weighted by Crippen LogP contribution is -2.49. The molecule has 3 heteroatoms. The first kappa shape index (κ1) is 12.0. The Morgan fingerprint density at radius 3 is 2.93 bits per heavy atom. The molecule has 0 aromatic heterocycles. The minimum atomic E-state index is 0.214. The van der Waals surface area contributed by atoms with E-state index in [4.69, 9.17) is 9.47 Å². The average Bonchev–Trinajstić information content (AvgIpc) is 2.18. The zero-order valence-electron chi connectivity index (χ0n) is 9.47. The monoisotopic (exact) mass is 201 g/mol. The van der Waals surface area contributed by atoms with Crippen molar-refractivity contribution in [3.05, 3.63) is 0 Å². The topological polar surface area (TPSA) is 30.5 Å². The fourth-order valence-corrected chi connectivity index (χ4v) is 1.83. The summed E-state index contributed by atoms with van der Waals surface area (Å²) in [5, 5.41) is 3.58. The second kappa shape index (κ2) is 6.38. The van der Waals surface area contributed by atoms with E-state index >= 15 is 0 Å². The molecule has 0 aromatic carbocycles. The van der Waals surface area contributed by atoms with Crippen LogP contribution in [0.2, 0.25) is 0 Å². The summed E-state index contributed by atoms with van der Waals surface area (Å²) in [6.45, 7) is 5.98. The molecule has 0 amide bonds. The molecule has 0 spiro atoms. The summed E-state index contributed by atoms with van der Waals surface area (Å²) in [7, 11) is 1.75. The van der Waals surface area contributed by atoms with Gasteiger partial charge in [-0.25, -0.2) is 0 Å². The second-order valence-electron chi connectivity index (χ2n) is 4.34. The molecule has 0 radical (unpaired) electrons. The number of rotatable bonds is 6. The molecule has 0 aromatic rings. The molecule has 84 valence electrons. The van der Waals surface area contributed by atoms with Crippen molar-refractivity contribution >= 4 is 0 Å². The van der Waals surface area contributed by atoms with Crippen LogP contribution in [-0.4, -0.2) is 39.0 Å². The lowest BCUT2D eigenvalue weighted by molar-refractivity contribution is 0.0284. The van der Waals surface area contributed by atoms with Gasteiger partial charge in [0.1, 0.15) is 0 Å². The van der Waals surface area contributed by atoms with Crippen LogP contribution in [0.3, 0.4) is 0 Å². The first-order valence-electron chi connectivity index (χ1n) is 5.58. The molecule has 1 saturated heterocycles. The van der Waals surface area contributed by atoms with E-state index in [-0.39, 0.29) is 5.54 Å². The maximum Gasteiger partial charge on any atom is 0.0645 e. The quantitative estimate of drug-likeness (QED) is 0.662. The van der Waals surface area contributed by atoms with E-state index in [1.807, 2.05) is 0 Å². The minimum Gasteiger partial charge on any atom is -0.385 e. The van der Waals surface area contributed by atoms with E-state index in [1.54, 1.807) is 7.11 Å². The molecule has 0 saturated carbocycles. The lowest BCUT2D eigenvalue weighted by Gasteiger charge is -2.34.